The van der Waals surface area contributed by atoms with Crippen molar-refractivity contribution in [3.63, 3.8) is 0 Å². The Balaban J connectivity index is 1.26. The van der Waals surface area contributed by atoms with Crippen LogP contribution in [0.25, 0.3) is 97.9 Å². The molecular weight excluding hydrogens is 641 g/mol. The molecule has 238 valence electrons. The van der Waals surface area contributed by atoms with Crippen molar-refractivity contribution in [3.8, 4) is 34.2 Å². The van der Waals surface area contributed by atoms with Crippen LogP contribution < -0.4 is 0 Å². The monoisotopic (exact) mass is 668 g/mol. The standard InChI is InChI=1S/C46H28N4S/c1-3-13-29(14-4-1)37-28-38(30-23-26-43-36(27-30)33-18-9-12-22-42(33)51-43)48-46(47-37)50-39-20-10-7-17-32(39)34-24-25-41-44(45(34)50)35-19-8-11-21-40(35)49(41)31-15-5-2-6-16-31/h1-28H. The van der Waals surface area contributed by atoms with Crippen molar-refractivity contribution in [2.24, 2.45) is 0 Å². The lowest BCUT2D eigenvalue weighted by molar-refractivity contribution is 0.998. The number of hydrogen-bond donors (Lipinski definition) is 0. The van der Waals surface area contributed by atoms with Crippen LogP contribution in [0.3, 0.4) is 0 Å². The Morgan fingerprint density at radius 2 is 1.02 bits per heavy atom. The van der Waals surface area contributed by atoms with Crippen molar-refractivity contribution in [1.29, 1.82) is 0 Å². The average Bonchev–Trinajstić information content (AvgIpc) is 3.86. The van der Waals surface area contributed by atoms with Gasteiger partial charge in [-0.25, -0.2) is 9.97 Å². The molecule has 0 aliphatic rings. The lowest BCUT2D eigenvalue weighted by Crippen LogP contribution is -2.04. The molecule has 4 heterocycles. The Morgan fingerprint density at radius 3 is 1.82 bits per heavy atom. The molecule has 4 aromatic heterocycles. The van der Waals surface area contributed by atoms with E-state index in [1.54, 1.807) is 0 Å². The van der Waals surface area contributed by atoms with Crippen LogP contribution in [-0.2, 0) is 0 Å². The minimum absolute atomic E-state index is 0.650. The molecule has 0 aliphatic heterocycles. The van der Waals surface area contributed by atoms with Crippen LogP contribution in [0.5, 0.6) is 0 Å². The number of fused-ring (bicyclic) bond motifs is 10. The molecule has 0 aliphatic carbocycles. The predicted octanol–water partition coefficient (Wildman–Crippen LogP) is 12.4. The highest BCUT2D eigenvalue weighted by Crippen LogP contribution is 2.42. The first-order chi connectivity index (χ1) is 25.3. The Morgan fingerprint density at radius 1 is 0.392 bits per heavy atom. The highest BCUT2D eigenvalue weighted by atomic mass is 32.1. The normalized spacial score (nSPS) is 11.9. The average molecular weight is 669 g/mol. The van der Waals surface area contributed by atoms with Gasteiger partial charge in [-0.2, -0.15) is 0 Å². The number of thiophene rings is 1. The number of rotatable bonds is 4. The first-order valence-electron chi connectivity index (χ1n) is 17.2. The number of para-hydroxylation sites is 3. The summed E-state index contributed by atoms with van der Waals surface area (Å²) in [5.74, 6) is 0.650. The molecule has 11 rings (SSSR count). The summed E-state index contributed by atoms with van der Waals surface area (Å²) in [5.41, 5.74) is 9.52. The van der Waals surface area contributed by atoms with Crippen LogP contribution in [0.1, 0.15) is 0 Å². The molecule has 4 nitrogen and oxygen atoms in total. The van der Waals surface area contributed by atoms with Gasteiger partial charge in [0.2, 0.25) is 5.95 Å². The molecule has 0 spiro atoms. The molecule has 0 atom stereocenters. The molecule has 7 aromatic carbocycles. The Labute approximate surface area is 297 Å². The third-order valence-electron chi connectivity index (χ3n) is 10.1. The summed E-state index contributed by atoms with van der Waals surface area (Å²) in [4.78, 5) is 10.8. The van der Waals surface area contributed by atoms with Crippen molar-refractivity contribution in [1.82, 2.24) is 19.1 Å². The molecule has 0 fully saturated rings. The summed E-state index contributed by atoms with van der Waals surface area (Å²) in [6.07, 6.45) is 0. The minimum Gasteiger partial charge on any atom is -0.309 e. The van der Waals surface area contributed by atoms with E-state index < -0.39 is 0 Å². The number of nitrogens with zero attached hydrogens (tertiary/aromatic N) is 4. The first kappa shape index (κ1) is 28.3. The molecule has 0 saturated carbocycles. The highest BCUT2D eigenvalue weighted by molar-refractivity contribution is 7.25. The topological polar surface area (TPSA) is 35.6 Å². The van der Waals surface area contributed by atoms with E-state index in [4.69, 9.17) is 9.97 Å². The summed E-state index contributed by atoms with van der Waals surface area (Å²) in [5, 5.41) is 7.26. The molecule has 0 N–H and O–H groups in total. The summed E-state index contributed by atoms with van der Waals surface area (Å²) in [6.45, 7) is 0. The number of hydrogen-bond acceptors (Lipinski definition) is 3. The van der Waals surface area contributed by atoms with E-state index in [0.29, 0.717) is 5.95 Å². The fourth-order valence-corrected chi connectivity index (χ4v) is 8.98. The summed E-state index contributed by atoms with van der Waals surface area (Å²) in [6, 6.07) is 60.5. The second kappa shape index (κ2) is 11.0. The third-order valence-corrected chi connectivity index (χ3v) is 11.3. The van der Waals surface area contributed by atoms with Crippen LogP contribution >= 0.6 is 11.3 Å². The van der Waals surface area contributed by atoms with Crippen molar-refractivity contribution in [3.05, 3.63) is 170 Å². The lowest BCUT2D eigenvalue weighted by atomic mass is 10.0. The van der Waals surface area contributed by atoms with Crippen LogP contribution in [0.15, 0.2) is 170 Å². The zero-order chi connectivity index (χ0) is 33.5. The summed E-state index contributed by atoms with van der Waals surface area (Å²) >= 11 is 1.83. The molecule has 0 saturated heterocycles. The van der Waals surface area contributed by atoms with E-state index in [-0.39, 0.29) is 0 Å². The van der Waals surface area contributed by atoms with E-state index in [1.165, 1.54) is 47.2 Å². The van der Waals surface area contributed by atoms with Crippen LogP contribution in [-0.4, -0.2) is 19.1 Å². The van der Waals surface area contributed by atoms with Crippen molar-refractivity contribution in [2.45, 2.75) is 0 Å². The molecule has 0 unspecified atom stereocenters. The van der Waals surface area contributed by atoms with E-state index in [2.05, 4.69) is 173 Å². The maximum atomic E-state index is 5.44. The zero-order valence-electron chi connectivity index (χ0n) is 27.4. The molecular formula is C46H28N4S. The third kappa shape index (κ3) is 4.25. The van der Waals surface area contributed by atoms with Crippen LogP contribution in [0.4, 0.5) is 0 Å². The van der Waals surface area contributed by atoms with Gasteiger partial charge in [0.05, 0.1) is 33.5 Å². The van der Waals surface area contributed by atoms with Gasteiger partial charge in [0.1, 0.15) is 0 Å². The Bertz CT molecular complexity index is 3130. The van der Waals surface area contributed by atoms with E-state index >= 15 is 0 Å². The van der Waals surface area contributed by atoms with Crippen molar-refractivity contribution < 1.29 is 0 Å². The van der Waals surface area contributed by atoms with Gasteiger partial charge in [-0.15, -0.1) is 11.3 Å². The summed E-state index contributed by atoms with van der Waals surface area (Å²) in [7, 11) is 0. The molecule has 11 aromatic rings. The molecule has 0 bridgehead atoms. The van der Waals surface area contributed by atoms with Gasteiger partial charge in [0.15, 0.2) is 0 Å². The Hall–Kier alpha value is -6.56. The van der Waals surface area contributed by atoms with Crippen LogP contribution in [0, 0.1) is 0 Å². The fourth-order valence-electron chi connectivity index (χ4n) is 7.90. The second-order valence-corrected chi connectivity index (χ2v) is 14.1. The van der Waals surface area contributed by atoms with E-state index in [1.807, 2.05) is 17.4 Å². The fraction of sp³-hybridized carbons (Fsp3) is 0. The number of benzene rings is 7. The quantitative estimate of drug-likeness (QED) is 0.187. The first-order valence-corrected chi connectivity index (χ1v) is 18.0. The Kier molecular flexibility index (Phi) is 6.09. The maximum absolute atomic E-state index is 5.44. The SMILES string of the molecule is c1ccc(-c2cc(-c3ccc4sc5ccccc5c4c3)nc(-n3c4ccccc4c4ccc5c(c6ccccc6n5-c5ccccc5)c43)n2)cc1. The molecule has 5 heteroatoms. The number of aromatic nitrogens is 4. The predicted molar refractivity (Wildman–Crippen MR) is 214 cm³/mol. The smallest absolute Gasteiger partial charge is 0.235 e. The minimum atomic E-state index is 0.650. The van der Waals surface area contributed by atoms with E-state index in [0.717, 1.165) is 44.8 Å². The van der Waals surface area contributed by atoms with Gasteiger partial charge in [0, 0.05) is 58.5 Å². The van der Waals surface area contributed by atoms with Crippen LogP contribution in [0.2, 0.25) is 0 Å². The molecule has 0 radical (unpaired) electrons. The van der Waals surface area contributed by atoms with Crippen molar-refractivity contribution >= 4 is 75.1 Å². The largest absolute Gasteiger partial charge is 0.309 e. The van der Waals surface area contributed by atoms with Crippen molar-refractivity contribution in [2.75, 3.05) is 0 Å². The molecule has 51 heavy (non-hydrogen) atoms. The van der Waals surface area contributed by atoms with Gasteiger partial charge in [-0.1, -0.05) is 115 Å². The lowest BCUT2D eigenvalue weighted by Gasteiger charge is -2.13. The zero-order valence-corrected chi connectivity index (χ0v) is 28.2. The van der Waals surface area contributed by atoms with Gasteiger partial charge >= 0.3 is 0 Å². The van der Waals surface area contributed by atoms with Gasteiger partial charge in [-0.3, -0.25) is 4.57 Å². The van der Waals surface area contributed by atoms with Gasteiger partial charge < -0.3 is 4.57 Å². The maximum Gasteiger partial charge on any atom is 0.235 e. The highest BCUT2D eigenvalue weighted by Gasteiger charge is 2.22. The molecule has 0 amide bonds. The van der Waals surface area contributed by atoms with E-state index in [9.17, 15) is 0 Å². The summed E-state index contributed by atoms with van der Waals surface area (Å²) < 4.78 is 7.24. The second-order valence-electron chi connectivity index (χ2n) is 13.0. The van der Waals surface area contributed by atoms with Gasteiger partial charge in [-0.05, 0) is 54.6 Å². The van der Waals surface area contributed by atoms with Gasteiger partial charge in [0.25, 0.3) is 0 Å².